The predicted octanol–water partition coefficient (Wildman–Crippen LogP) is -6.90. The van der Waals surface area contributed by atoms with Gasteiger partial charge >= 0.3 is 84.4 Å². The highest BCUT2D eigenvalue weighted by molar-refractivity contribution is 5.97. The molecule has 21 fully saturated rings. The molecule has 133 heavy (non-hydrogen) atoms. The summed E-state index contributed by atoms with van der Waals surface area (Å²) in [4.78, 5) is 258. The third-order valence-electron chi connectivity index (χ3n) is 30.3. The Morgan fingerprint density at radius 2 is 0.707 bits per heavy atom. The number of aryl methyl sites for hydroxylation is 2. The van der Waals surface area contributed by atoms with Crippen LogP contribution in [0.1, 0.15) is 11.3 Å². The van der Waals surface area contributed by atoms with Crippen LogP contribution in [-0.2, 0) is 54.5 Å². The summed E-state index contributed by atoms with van der Waals surface area (Å²) in [7, 11) is 1.62. The number of pyridine rings is 1. The van der Waals surface area contributed by atoms with Crippen molar-refractivity contribution in [3.05, 3.63) is 54.0 Å². The minimum Gasteiger partial charge on any atom is -1.00 e. The number of aromatic nitrogens is 4. The molecule has 57 heteroatoms. The van der Waals surface area contributed by atoms with Gasteiger partial charge < -0.3 is 64.4 Å². The van der Waals surface area contributed by atoms with E-state index >= 15 is 67.1 Å². The zero-order valence-electron chi connectivity index (χ0n) is 70.7. The number of methoxy groups -OCH3 is 1. The fourth-order valence-electron chi connectivity index (χ4n) is 24.7. The third-order valence-corrected chi connectivity index (χ3v) is 30.3. The number of halogens is 1. The van der Waals surface area contributed by atoms with Crippen molar-refractivity contribution in [3.8, 4) is 34.3 Å². The molecule has 698 valence electrons. The van der Waals surface area contributed by atoms with E-state index in [9.17, 15) is 0 Å². The number of amides is 28. The topological polar surface area (TPSA) is 457 Å². The van der Waals surface area contributed by atoms with E-state index in [2.05, 4.69) is 39.3 Å². The maximum atomic E-state index is 16.4. The lowest BCUT2D eigenvalue weighted by Crippen LogP contribution is -3.00. The van der Waals surface area contributed by atoms with Gasteiger partial charge in [0.2, 0.25) is 12.5 Å². The quantitative estimate of drug-likeness (QED) is 0.0492. The first-order chi connectivity index (χ1) is 64.3. The molecule has 21 saturated heterocycles. The molecular weight excluding hydrogens is 1820 g/mol. The molecule has 0 N–H and O–H groups in total. The number of ether oxygens (including phenoxy) is 10. The fraction of sp³-hybridized carbons (Fsp3) is 0.592. The number of nitrogens with zero attached hydrogens (tertiary/aromatic N) is 32. The Morgan fingerprint density at radius 1 is 0.383 bits per heavy atom. The minimum atomic E-state index is -2.44. The van der Waals surface area contributed by atoms with Crippen molar-refractivity contribution in [2.45, 2.75) is 112 Å². The summed E-state index contributed by atoms with van der Waals surface area (Å²) >= 11 is 0. The number of carbonyl (C=O) groups excluding carboxylic acids is 14. The second kappa shape index (κ2) is 27.7. The highest BCUT2D eigenvalue weighted by Crippen LogP contribution is 2.56. The normalized spacial score (nSPS) is 30.9. The van der Waals surface area contributed by atoms with Crippen LogP contribution in [-0.4, -0.2) is 503 Å². The molecule has 23 aliphatic heterocycles. The van der Waals surface area contributed by atoms with Crippen molar-refractivity contribution in [1.82, 2.24) is 152 Å². The zero-order valence-corrected chi connectivity index (χ0v) is 72.3. The number of benzene rings is 2. The van der Waals surface area contributed by atoms with Crippen LogP contribution in [0.15, 0.2) is 42.7 Å². The van der Waals surface area contributed by atoms with E-state index < -0.39 is 270 Å². The lowest BCUT2D eigenvalue weighted by Gasteiger charge is -2.47. The SMILES string of the molecule is COc1ccc2cc3[n+](cc2c1OCCOCCOCCOCCOCCOCCn1cc(COC24C5N6CN7C(=O)N8CN9C(=O)N%10CN%11C(=O)N%12CN%13C(=O)N%14CN%15C(=O)N%16CN%17C(=O)N(CN2C6=O)C2C%17N6CN%17C(=O)N(CN%18C(=O)N(CN%19C(=O)N(CN%20C(=O)N(CN%21C(=O)N(CN5C(=O)N4CN2C6=O)C7C8%21)C9C%10%20)C%11C%12%19)C%13C%14%18)C%15C%16%17)nn1)CCc1cc2c(cc1-3)OCO2.[Br-]. The van der Waals surface area contributed by atoms with Crippen LogP contribution in [0.4, 0.5) is 67.1 Å². The van der Waals surface area contributed by atoms with Crippen molar-refractivity contribution >= 4 is 95.2 Å². The molecule has 4 aromatic rings. The molecule has 27 rings (SSSR count). The van der Waals surface area contributed by atoms with Crippen LogP contribution < -0.4 is 40.5 Å². The largest absolute Gasteiger partial charge is 1.00 e. The van der Waals surface area contributed by atoms with Crippen molar-refractivity contribution in [3.63, 3.8) is 0 Å². The van der Waals surface area contributed by atoms with E-state index in [-0.39, 0.29) is 69.0 Å². The van der Waals surface area contributed by atoms with Crippen LogP contribution in [0.25, 0.3) is 22.0 Å². The Hall–Kier alpha value is -13.8. The van der Waals surface area contributed by atoms with Gasteiger partial charge in [0.25, 0.3) is 5.85 Å². The van der Waals surface area contributed by atoms with Crippen molar-refractivity contribution in [2.24, 2.45) is 0 Å². The van der Waals surface area contributed by atoms with E-state index in [1.807, 2.05) is 12.1 Å². The maximum Gasteiger partial charge on any atom is 0.328 e. The second-order valence-corrected chi connectivity index (χ2v) is 36.2. The molecule has 0 bridgehead atoms. The average Bonchev–Trinajstić information content (AvgIpc) is 1.50. The first-order valence-corrected chi connectivity index (χ1v) is 43.8. The van der Waals surface area contributed by atoms with Crippen LogP contribution >= 0.6 is 0 Å². The number of rotatable bonds is 23. The smallest absolute Gasteiger partial charge is 0.328 e. The molecule has 0 aliphatic carbocycles. The number of hydrogen-bond acceptors (Lipinski definition) is 26. The second-order valence-electron chi connectivity index (χ2n) is 36.2. The summed E-state index contributed by atoms with van der Waals surface area (Å²) in [6.07, 6.45) is -13.0. The Labute approximate surface area is 760 Å². The van der Waals surface area contributed by atoms with Gasteiger partial charge in [0.15, 0.2) is 116 Å². The molecular formula is C76H83BrN32O24. The maximum absolute atomic E-state index is 16.4. The zero-order chi connectivity index (χ0) is 88.8. The van der Waals surface area contributed by atoms with E-state index in [4.69, 9.17) is 47.4 Å². The fourth-order valence-corrected chi connectivity index (χ4v) is 24.7. The lowest BCUT2D eigenvalue weighted by molar-refractivity contribution is -0.686. The van der Waals surface area contributed by atoms with Crippen molar-refractivity contribution < 1.29 is 136 Å². The average molecular weight is 1910 g/mol. The summed E-state index contributed by atoms with van der Waals surface area (Å²) in [5.74, 6) is 0.340. The van der Waals surface area contributed by atoms with E-state index in [1.165, 1.54) is 138 Å². The van der Waals surface area contributed by atoms with E-state index in [1.54, 1.807) is 13.3 Å². The van der Waals surface area contributed by atoms with Crippen LogP contribution in [0, 0.1) is 0 Å². The lowest BCUT2D eigenvalue weighted by atomic mass is 9.95. The first kappa shape index (κ1) is 79.0. The number of hydrogen-bond donors (Lipinski definition) is 0. The summed E-state index contributed by atoms with van der Waals surface area (Å²) in [5.41, 5.74) is 3.57. The summed E-state index contributed by atoms with van der Waals surface area (Å²) in [6.45, 7) is -4.85. The molecule has 25 heterocycles. The van der Waals surface area contributed by atoms with Gasteiger partial charge in [-0.25, -0.2) is 71.8 Å². The summed E-state index contributed by atoms with van der Waals surface area (Å²) < 4.78 is 63.2. The van der Waals surface area contributed by atoms with Gasteiger partial charge in [-0.15, -0.1) is 5.10 Å². The number of urea groups is 14. The highest BCUT2D eigenvalue weighted by atomic mass is 79.9. The summed E-state index contributed by atoms with van der Waals surface area (Å²) in [6, 6.07) is -0.875. The number of carbonyl (C=O) groups is 14. The third kappa shape index (κ3) is 10.1. The van der Waals surface area contributed by atoms with Crippen LogP contribution in [0.2, 0.25) is 0 Å². The van der Waals surface area contributed by atoms with Gasteiger partial charge in [0.1, 0.15) is 106 Å². The van der Waals surface area contributed by atoms with Crippen LogP contribution in [0.3, 0.4) is 0 Å². The van der Waals surface area contributed by atoms with Gasteiger partial charge in [0.05, 0.1) is 103 Å². The molecule has 28 amide bonds. The Morgan fingerprint density at radius 3 is 1.06 bits per heavy atom. The van der Waals surface area contributed by atoms with Gasteiger partial charge in [-0.2, -0.15) is 4.57 Å². The molecule has 2 aromatic heterocycles. The van der Waals surface area contributed by atoms with Gasteiger partial charge in [-0.3, -0.25) is 137 Å². The van der Waals surface area contributed by atoms with E-state index in [0.29, 0.717) is 51.1 Å². The van der Waals surface area contributed by atoms with Gasteiger partial charge in [-0.05, 0) is 35.2 Å². The molecule has 23 aliphatic rings. The standard InChI is InChI=1S/C76H83N32O24.BrH/c1-123-45-3-2-39-18-44-42-20-47-46(130-38-131-47)19-40(42)4-5-79(44)22-43(39)48(45)129-17-16-128-15-14-127-13-12-126-11-10-125-9-8-124-7-6-80-21-41(77-78-80)23-132-76-61-105-34-101-58-57-97(70(101)117)30-93-54-53-89(66(93)113)26-85-50-49-81(62(85)109)24-83-51-52-87(64(83)111)28-91-55-56-95(68(91)115)32-99-59-60(103(72(99)119)36-107(76)74(105)121)104-37-108(76)75(122)106(61)35-102(58)71(118)98(57)31-94(54)67(114)90(53)27-86(50)63(110)82(49)25-84(51)65(112)88(52)29-92(55)69(116)96(56)33-100(59)73(104)120;/h2-3,18-22,49-61H,4-17,23-38H2,1H3;1H/q+1;/p-1. The molecule has 56 nitrogen and oxygen atoms in total. The van der Waals surface area contributed by atoms with Gasteiger partial charge in [-0.1, -0.05) is 5.21 Å². The van der Waals surface area contributed by atoms with Crippen LogP contribution in [0.5, 0.6) is 23.0 Å². The molecule has 0 atom stereocenters. The molecule has 0 spiro atoms. The highest BCUT2D eigenvalue weighted by Gasteiger charge is 2.80. The molecule has 0 unspecified atom stereocenters. The first-order valence-electron chi connectivity index (χ1n) is 43.8. The monoisotopic (exact) mass is 1910 g/mol. The molecule has 0 radical (unpaired) electrons. The Balaban J connectivity index is 0.00000903. The van der Waals surface area contributed by atoms with Crippen molar-refractivity contribution in [2.75, 3.05) is 180 Å². The Bertz CT molecular complexity index is 5720. The predicted molar refractivity (Wildman–Crippen MR) is 418 cm³/mol. The molecule has 0 saturated carbocycles. The Kier molecular flexibility index (Phi) is 16.4. The summed E-state index contributed by atoms with van der Waals surface area (Å²) in [5, 5.41) is 10.7. The molecule has 2 aromatic carbocycles. The minimum absolute atomic E-state index is 0. The van der Waals surface area contributed by atoms with E-state index in [0.717, 1.165) is 56.3 Å². The number of fused-ring (bicyclic) bond motifs is 5. The van der Waals surface area contributed by atoms with Gasteiger partial charge in [0, 0.05) is 12.5 Å². The van der Waals surface area contributed by atoms with Crippen molar-refractivity contribution in [1.29, 1.82) is 0 Å².